The zero-order chi connectivity index (χ0) is 11.7. The van der Waals surface area contributed by atoms with Gasteiger partial charge in [0.15, 0.2) is 5.82 Å². The Kier molecular flexibility index (Phi) is 2.70. The highest BCUT2D eigenvalue weighted by atomic mass is 16.3. The maximum atomic E-state index is 8.88. The summed E-state index contributed by atoms with van der Waals surface area (Å²) in [6, 6.07) is 3.55. The van der Waals surface area contributed by atoms with Crippen LogP contribution >= 0.6 is 0 Å². The molecule has 0 saturated heterocycles. The van der Waals surface area contributed by atoms with Gasteiger partial charge in [0.2, 0.25) is 0 Å². The van der Waals surface area contributed by atoms with Crippen molar-refractivity contribution in [3.8, 4) is 5.82 Å². The van der Waals surface area contributed by atoms with Crippen LogP contribution < -0.4 is 0 Å². The third-order valence-electron chi connectivity index (χ3n) is 2.74. The molecule has 84 valence electrons. The van der Waals surface area contributed by atoms with E-state index in [1.807, 2.05) is 20.8 Å². The molecule has 0 spiro atoms. The van der Waals surface area contributed by atoms with Crippen molar-refractivity contribution in [2.24, 2.45) is 0 Å². The normalized spacial score (nSPS) is 10.8. The van der Waals surface area contributed by atoms with Crippen LogP contribution in [0.15, 0.2) is 12.1 Å². The van der Waals surface area contributed by atoms with Crippen molar-refractivity contribution in [2.75, 3.05) is 0 Å². The second-order valence-electron chi connectivity index (χ2n) is 3.75. The second-order valence-corrected chi connectivity index (χ2v) is 3.75. The van der Waals surface area contributed by atoms with Gasteiger partial charge in [-0.3, -0.25) is 0 Å². The fourth-order valence-corrected chi connectivity index (χ4v) is 1.49. The Balaban J connectivity index is 2.46. The summed E-state index contributed by atoms with van der Waals surface area (Å²) in [6.07, 6.45) is 0. The van der Waals surface area contributed by atoms with E-state index in [0.717, 1.165) is 17.0 Å². The molecule has 0 radical (unpaired) electrons. The molecule has 0 aliphatic heterocycles. The largest absolute Gasteiger partial charge is 0.390 e. The molecule has 2 aromatic heterocycles. The first-order valence-electron chi connectivity index (χ1n) is 5.10. The molecule has 0 unspecified atom stereocenters. The van der Waals surface area contributed by atoms with E-state index < -0.39 is 0 Å². The van der Waals surface area contributed by atoms with Gasteiger partial charge in [-0.15, -0.1) is 5.10 Å². The van der Waals surface area contributed by atoms with Crippen molar-refractivity contribution in [1.82, 2.24) is 20.0 Å². The van der Waals surface area contributed by atoms with E-state index >= 15 is 0 Å². The average Bonchev–Trinajstić information content (AvgIpc) is 2.57. The zero-order valence-electron chi connectivity index (χ0n) is 9.60. The first-order chi connectivity index (χ1) is 7.63. The Morgan fingerprint density at radius 2 is 1.94 bits per heavy atom. The maximum Gasteiger partial charge on any atom is 0.175 e. The quantitative estimate of drug-likeness (QED) is 0.819. The Bertz CT molecular complexity index is 501. The summed E-state index contributed by atoms with van der Waals surface area (Å²) in [5.74, 6) is 0.672. The van der Waals surface area contributed by atoms with Crippen LogP contribution in [0.2, 0.25) is 0 Å². The lowest BCUT2D eigenvalue weighted by Crippen LogP contribution is -2.04. The van der Waals surface area contributed by atoms with E-state index in [9.17, 15) is 0 Å². The fraction of sp³-hybridized carbons (Fsp3) is 0.364. The van der Waals surface area contributed by atoms with E-state index in [0.29, 0.717) is 11.5 Å². The highest BCUT2D eigenvalue weighted by Gasteiger charge is 2.09. The molecular formula is C11H14N4O. The van der Waals surface area contributed by atoms with Gasteiger partial charge >= 0.3 is 0 Å². The SMILES string of the molecule is Cc1nn(-c2ccc(CO)nn2)c(C)c1C. The van der Waals surface area contributed by atoms with Gasteiger partial charge in [0, 0.05) is 5.69 Å². The Labute approximate surface area is 93.8 Å². The van der Waals surface area contributed by atoms with E-state index in [-0.39, 0.29) is 6.61 Å². The summed E-state index contributed by atoms with van der Waals surface area (Å²) in [5, 5.41) is 21.2. The highest BCUT2D eigenvalue weighted by Crippen LogP contribution is 2.14. The molecule has 0 aliphatic carbocycles. The average molecular weight is 218 g/mol. The molecule has 16 heavy (non-hydrogen) atoms. The van der Waals surface area contributed by atoms with Crippen LogP contribution in [0.5, 0.6) is 0 Å². The molecule has 2 rings (SSSR count). The summed E-state index contributed by atoms with van der Waals surface area (Å²) in [6.45, 7) is 5.90. The van der Waals surface area contributed by atoms with Crippen molar-refractivity contribution in [3.63, 3.8) is 0 Å². The predicted octanol–water partition coefficient (Wildman–Crippen LogP) is 1.08. The molecule has 2 heterocycles. The van der Waals surface area contributed by atoms with Crippen LogP contribution in [0, 0.1) is 20.8 Å². The van der Waals surface area contributed by atoms with Crippen LogP contribution in [0.4, 0.5) is 0 Å². The molecule has 0 bridgehead atoms. The minimum atomic E-state index is -0.0938. The molecular weight excluding hydrogens is 204 g/mol. The van der Waals surface area contributed by atoms with E-state index in [4.69, 9.17) is 5.11 Å². The lowest BCUT2D eigenvalue weighted by molar-refractivity contribution is 0.275. The standard InChI is InChI=1S/C11H14N4O/c1-7-8(2)14-15(9(7)3)11-5-4-10(6-16)12-13-11/h4-5,16H,6H2,1-3H3. The van der Waals surface area contributed by atoms with Gasteiger partial charge in [0.25, 0.3) is 0 Å². The summed E-state index contributed by atoms with van der Waals surface area (Å²) in [7, 11) is 0. The van der Waals surface area contributed by atoms with Gasteiger partial charge < -0.3 is 5.11 Å². The Morgan fingerprint density at radius 3 is 2.38 bits per heavy atom. The maximum absolute atomic E-state index is 8.88. The summed E-state index contributed by atoms with van der Waals surface area (Å²) >= 11 is 0. The van der Waals surface area contributed by atoms with Crippen molar-refractivity contribution in [1.29, 1.82) is 0 Å². The lowest BCUT2D eigenvalue weighted by atomic mass is 10.2. The number of aromatic nitrogens is 4. The molecule has 0 aromatic carbocycles. The topological polar surface area (TPSA) is 63.8 Å². The minimum Gasteiger partial charge on any atom is -0.390 e. The second kappa shape index (κ2) is 4.02. The predicted molar refractivity (Wildman–Crippen MR) is 59.3 cm³/mol. The lowest BCUT2D eigenvalue weighted by Gasteiger charge is -2.02. The van der Waals surface area contributed by atoms with Gasteiger partial charge in [-0.25, -0.2) is 4.68 Å². The minimum absolute atomic E-state index is 0.0938. The summed E-state index contributed by atoms with van der Waals surface area (Å²) < 4.78 is 1.76. The fourth-order valence-electron chi connectivity index (χ4n) is 1.49. The number of nitrogens with zero attached hydrogens (tertiary/aromatic N) is 4. The monoisotopic (exact) mass is 218 g/mol. The van der Waals surface area contributed by atoms with Gasteiger partial charge in [0.1, 0.15) is 0 Å². The number of hydrogen-bond donors (Lipinski definition) is 1. The van der Waals surface area contributed by atoms with Crippen LogP contribution in [0.1, 0.15) is 22.6 Å². The molecule has 0 amide bonds. The molecule has 1 N–H and O–H groups in total. The van der Waals surface area contributed by atoms with Crippen molar-refractivity contribution >= 4 is 0 Å². The van der Waals surface area contributed by atoms with Crippen molar-refractivity contribution < 1.29 is 5.11 Å². The van der Waals surface area contributed by atoms with E-state index in [1.165, 1.54) is 0 Å². The first-order valence-corrected chi connectivity index (χ1v) is 5.10. The highest BCUT2D eigenvalue weighted by molar-refractivity contribution is 5.30. The molecule has 5 nitrogen and oxygen atoms in total. The first kappa shape index (κ1) is 10.8. The third-order valence-corrected chi connectivity index (χ3v) is 2.74. The number of rotatable bonds is 2. The number of aryl methyl sites for hydroxylation is 1. The van der Waals surface area contributed by atoms with E-state index in [1.54, 1.807) is 16.8 Å². The smallest absolute Gasteiger partial charge is 0.175 e. The van der Waals surface area contributed by atoms with Gasteiger partial charge in [-0.2, -0.15) is 10.2 Å². The molecule has 0 aliphatic rings. The molecule has 2 aromatic rings. The van der Waals surface area contributed by atoms with Crippen LogP contribution in [0.25, 0.3) is 5.82 Å². The Morgan fingerprint density at radius 1 is 1.19 bits per heavy atom. The molecule has 0 fully saturated rings. The van der Waals surface area contributed by atoms with Crippen LogP contribution in [-0.2, 0) is 6.61 Å². The number of aliphatic hydroxyl groups excluding tert-OH is 1. The van der Waals surface area contributed by atoms with E-state index in [2.05, 4.69) is 15.3 Å². The van der Waals surface area contributed by atoms with Crippen LogP contribution in [-0.4, -0.2) is 25.1 Å². The number of aliphatic hydroxyl groups is 1. The number of hydrogen-bond acceptors (Lipinski definition) is 4. The molecule has 0 saturated carbocycles. The Hall–Kier alpha value is -1.75. The van der Waals surface area contributed by atoms with Gasteiger partial charge in [-0.05, 0) is 38.5 Å². The molecule has 0 atom stereocenters. The zero-order valence-corrected chi connectivity index (χ0v) is 9.60. The summed E-state index contributed by atoms with van der Waals surface area (Å²) in [5.41, 5.74) is 3.77. The molecule has 5 heteroatoms. The van der Waals surface area contributed by atoms with Crippen LogP contribution in [0.3, 0.4) is 0 Å². The third kappa shape index (κ3) is 1.69. The van der Waals surface area contributed by atoms with Crippen molar-refractivity contribution in [3.05, 3.63) is 34.8 Å². The summed E-state index contributed by atoms with van der Waals surface area (Å²) in [4.78, 5) is 0. The van der Waals surface area contributed by atoms with Gasteiger partial charge in [0.05, 0.1) is 18.0 Å². The van der Waals surface area contributed by atoms with Crippen molar-refractivity contribution in [2.45, 2.75) is 27.4 Å². The van der Waals surface area contributed by atoms with Gasteiger partial charge in [-0.1, -0.05) is 0 Å².